The molecule has 25 heavy (non-hydrogen) atoms. The third-order valence-electron chi connectivity index (χ3n) is 7.67. The first-order valence-electron chi connectivity index (χ1n) is 9.60. The standard InChI is InChI=1S/C22H28O2Si/c1-14-12-20-19-6-4-15-13-16(23)5-7-17(15)18(19)8-9-21(20,2)22(14,24)10-11-25-3/h4,13,17-20,23-24H,1,5-9,12H2,2-3H3/t17-,18+,19+,20-,21-,22-/m0/s1. The zero-order valence-electron chi connectivity index (χ0n) is 15.3. The van der Waals surface area contributed by atoms with Gasteiger partial charge in [-0.3, -0.25) is 0 Å². The lowest BCUT2D eigenvalue weighted by molar-refractivity contribution is -0.0716. The Bertz CT molecular complexity index is 724. The van der Waals surface area contributed by atoms with Crippen LogP contribution >= 0.6 is 0 Å². The summed E-state index contributed by atoms with van der Waals surface area (Å²) in [5, 5.41) is 21.4. The topological polar surface area (TPSA) is 40.5 Å². The lowest BCUT2D eigenvalue weighted by Gasteiger charge is -2.53. The third kappa shape index (κ3) is 2.34. The minimum Gasteiger partial charge on any atom is -0.512 e. The van der Waals surface area contributed by atoms with E-state index >= 15 is 0 Å². The maximum absolute atomic E-state index is 11.5. The van der Waals surface area contributed by atoms with E-state index in [9.17, 15) is 10.2 Å². The highest BCUT2D eigenvalue weighted by Gasteiger charge is 2.63. The molecule has 3 heteroatoms. The quantitative estimate of drug-likeness (QED) is 0.389. The van der Waals surface area contributed by atoms with Crippen LogP contribution in [0.15, 0.2) is 35.6 Å². The van der Waals surface area contributed by atoms with Gasteiger partial charge in [-0.1, -0.05) is 32.0 Å². The molecule has 2 saturated carbocycles. The van der Waals surface area contributed by atoms with E-state index in [1.54, 1.807) is 0 Å². The monoisotopic (exact) mass is 352 g/mol. The van der Waals surface area contributed by atoms with E-state index in [1.165, 1.54) is 5.57 Å². The van der Waals surface area contributed by atoms with Crippen LogP contribution in [0.1, 0.15) is 45.4 Å². The van der Waals surface area contributed by atoms with E-state index < -0.39 is 5.60 Å². The Balaban J connectivity index is 1.69. The smallest absolute Gasteiger partial charge is 0.151 e. The zero-order chi connectivity index (χ0) is 17.8. The summed E-state index contributed by atoms with van der Waals surface area (Å²) >= 11 is 0. The summed E-state index contributed by atoms with van der Waals surface area (Å²) in [7, 11) is 0.539. The van der Waals surface area contributed by atoms with Crippen LogP contribution in [-0.4, -0.2) is 25.3 Å². The maximum Gasteiger partial charge on any atom is 0.151 e. The number of hydrogen-bond donors (Lipinski definition) is 2. The highest BCUT2D eigenvalue weighted by molar-refractivity contribution is 6.44. The molecule has 2 fully saturated rings. The highest BCUT2D eigenvalue weighted by Crippen LogP contribution is 2.65. The molecule has 4 aliphatic rings. The predicted molar refractivity (Wildman–Crippen MR) is 102 cm³/mol. The average Bonchev–Trinajstić information content (AvgIpc) is 2.80. The van der Waals surface area contributed by atoms with Crippen molar-refractivity contribution in [1.29, 1.82) is 0 Å². The molecule has 6 atom stereocenters. The molecule has 0 aliphatic heterocycles. The first-order valence-corrected chi connectivity index (χ1v) is 11.1. The fraction of sp³-hybridized carbons (Fsp3) is 0.636. The number of aliphatic hydroxyl groups excluding tert-OH is 1. The summed E-state index contributed by atoms with van der Waals surface area (Å²) in [5.41, 5.74) is 4.26. The molecule has 0 aromatic rings. The van der Waals surface area contributed by atoms with Crippen molar-refractivity contribution in [3.63, 3.8) is 0 Å². The Hall–Kier alpha value is -1.24. The summed E-state index contributed by atoms with van der Waals surface area (Å²) in [6.07, 6.45) is 10.4. The van der Waals surface area contributed by atoms with Gasteiger partial charge >= 0.3 is 0 Å². The number of rotatable bonds is 0. The van der Waals surface area contributed by atoms with Gasteiger partial charge in [-0.2, -0.15) is 0 Å². The van der Waals surface area contributed by atoms with Crippen LogP contribution in [0.4, 0.5) is 0 Å². The molecule has 4 aliphatic carbocycles. The number of hydrogen-bond acceptors (Lipinski definition) is 2. The fourth-order valence-corrected chi connectivity index (χ4v) is 6.59. The molecule has 0 heterocycles. The summed E-state index contributed by atoms with van der Waals surface area (Å²) in [6, 6.07) is 0. The van der Waals surface area contributed by atoms with Crippen molar-refractivity contribution < 1.29 is 10.2 Å². The molecule has 0 spiro atoms. The van der Waals surface area contributed by atoms with Gasteiger partial charge in [0, 0.05) is 11.8 Å². The van der Waals surface area contributed by atoms with Crippen molar-refractivity contribution in [1.82, 2.24) is 0 Å². The molecular weight excluding hydrogens is 324 g/mol. The molecule has 132 valence electrons. The lowest BCUT2D eigenvalue weighted by Crippen LogP contribution is -2.52. The van der Waals surface area contributed by atoms with Crippen LogP contribution in [0.2, 0.25) is 6.55 Å². The molecule has 0 aromatic carbocycles. The summed E-state index contributed by atoms with van der Waals surface area (Å²) in [4.78, 5) is 0. The predicted octanol–water partition coefficient (Wildman–Crippen LogP) is 4.22. The summed E-state index contributed by atoms with van der Waals surface area (Å²) in [6.45, 7) is 8.57. The first-order chi connectivity index (χ1) is 11.9. The number of aliphatic hydroxyl groups is 2. The van der Waals surface area contributed by atoms with Gasteiger partial charge in [-0.25, -0.2) is 0 Å². The van der Waals surface area contributed by atoms with Gasteiger partial charge in [-0.15, -0.1) is 5.54 Å². The van der Waals surface area contributed by atoms with Crippen molar-refractivity contribution in [2.24, 2.45) is 29.1 Å². The van der Waals surface area contributed by atoms with Crippen LogP contribution in [-0.2, 0) is 0 Å². The molecule has 0 aromatic heterocycles. The minimum atomic E-state index is -1.01. The molecule has 0 amide bonds. The van der Waals surface area contributed by atoms with Crippen LogP contribution < -0.4 is 0 Å². The molecule has 2 radical (unpaired) electrons. The van der Waals surface area contributed by atoms with Crippen molar-refractivity contribution in [3.05, 3.63) is 35.6 Å². The average molecular weight is 353 g/mol. The van der Waals surface area contributed by atoms with Crippen LogP contribution in [0, 0.1) is 40.6 Å². The van der Waals surface area contributed by atoms with Gasteiger partial charge in [0.25, 0.3) is 0 Å². The highest BCUT2D eigenvalue weighted by atomic mass is 28.2. The molecule has 0 bridgehead atoms. The molecular formula is C22H28O2Si. The largest absolute Gasteiger partial charge is 0.512 e. The van der Waals surface area contributed by atoms with Gasteiger partial charge in [0.1, 0.15) is 9.52 Å². The Labute approximate surface area is 153 Å². The number of fused-ring (bicyclic) bond motifs is 5. The summed E-state index contributed by atoms with van der Waals surface area (Å²) < 4.78 is 0. The van der Waals surface area contributed by atoms with E-state index in [-0.39, 0.29) is 5.41 Å². The van der Waals surface area contributed by atoms with E-state index in [2.05, 4.69) is 37.6 Å². The second-order valence-corrected chi connectivity index (χ2v) is 9.38. The first kappa shape index (κ1) is 17.2. The third-order valence-corrected chi connectivity index (χ3v) is 8.05. The van der Waals surface area contributed by atoms with Crippen LogP contribution in [0.3, 0.4) is 0 Å². The molecule has 2 nitrogen and oxygen atoms in total. The Morgan fingerprint density at radius 3 is 2.88 bits per heavy atom. The molecule has 2 N–H and O–H groups in total. The zero-order valence-corrected chi connectivity index (χ0v) is 16.3. The van der Waals surface area contributed by atoms with Gasteiger partial charge in [0.05, 0.1) is 5.76 Å². The summed E-state index contributed by atoms with van der Waals surface area (Å²) in [5.74, 6) is 6.10. The van der Waals surface area contributed by atoms with Gasteiger partial charge in [0.2, 0.25) is 0 Å². The van der Waals surface area contributed by atoms with E-state index in [1.807, 2.05) is 6.08 Å². The fourth-order valence-electron chi connectivity index (χ4n) is 6.29. The van der Waals surface area contributed by atoms with Crippen LogP contribution in [0.5, 0.6) is 0 Å². The normalized spacial score (nSPS) is 45.3. The van der Waals surface area contributed by atoms with Gasteiger partial charge in [0.15, 0.2) is 5.60 Å². The maximum atomic E-state index is 11.5. The SMILES string of the molecule is C=C1C[C@H]2[C@@H]3CC=C4C=C(O)CC[C@@H]4[C@H]3CC[C@]2(C)[C@]1(O)C#C[Si]C. The minimum absolute atomic E-state index is 0.171. The van der Waals surface area contributed by atoms with Gasteiger partial charge in [-0.05, 0) is 73.0 Å². The Kier molecular flexibility index (Phi) is 4.05. The van der Waals surface area contributed by atoms with Crippen molar-refractivity contribution >= 4 is 9.52 Å². The Morgan fingerprint density at radius 1 is 1.32 bits per heavy atom. The second kappa shape index (κ2) is 5.89. The molecule has 0 unspecified atom stereocenters. The second-order valence-electron chi connectivity index (χ2n) is 8.63. The van der Waals surface area contributed by atoms with Gasteiger partial charge < -0.3 is 10.2 Å². The van der Waals surface area contributed by atoms with E-state index in [0.29, 0.717) is 39.0 Å². The molecule has 4 rings (SSSR count). The Morgan fingerprint density at radius 2 is 2.12 bits per heavy atom. The molecule has 0 saturated heterocycles. The van der Waals surface area contributed by atoms with Crippen molar-refractivity contribution in [2.75, 3.05) is 0 Å². The van der Waals surface area contributed by atoms with E-state index in [4.69, 9.17) is 0 Å². The number of allylic oxidation sites excluding steroid dienone is 4. The van der Waals surface area contributed by atoms with Crippen LogP contribution in [0.25, 0.3) is 0 Å². The van der Waals surface area contributed by atoms with Crippen molar-refractivity contribution in [3.8, 4) is 11.5 Å². The van der Waals surface area contributed by atoms with E-state index in [0.717, 1.165) is 44.1 Å². The van der Waals surface area contributed by atoms with Crippen molar-refractivity contribution in [2.45, 2.75) is 57.6 Å². The lowest BCUT2D eigenvalue weighted by atomic mass is 9.51.